The summed E-state index contributed by atoms with van der Waals surface area (Å²) < 4.78 is 30.6. The average Bonchev–Trinajstić information content (AvgIpc) is 2.21. The fraction of sp³-hybridized carbons (Fsp3) is 0.400. The van der Waals surface area contributed by atoms with Gasteiger partial charge in [-0.1, -0.05) is 12.1 Å². The summed E-state index contributed by atoms with van der Waals surface area (Å²) >= 11 is 0. The van der Waals surface area contributed by atoms with Crippen molar-refractivity contribution in [2.75, 3.05) is 29.4 Å². The Hall–Kier alpha value is -1.27. The molecule has 0 saturated carbocycles. The lowest BCUT2D eigenvalue weighted by molar-refractivity contribution is 0.163. The highest BCUT2D eigenvalue weighted by atomic mass is 32.2. The molecule has 0 amide bonds. The van der Waals surface area contributed by atoms with Crippen molar-refractivity contribution in [3.8, 4) is 0 Å². The average molecular weight is 244 g/mol. The fourth-order valence-corrected chi connectivity index (χ4v) is 2.08. The van der Waals surface area contributed by atoms with Crippen molar-refractivity contribution in [1.29, 1.82) is 0 Å². The lowest BCUT2D eigenvalue weighted by Gasteiger charge is -2.09. The second kappa shape index (κ2) is 5.72. The van der Waals surface area contributed by atoms with E-state index in [2.05, 4.69) is 4.72 Å². The molecule has 0 aromatic heterocycles. The monoisotopic (exact) mass is 244 g/mol. The van der Waals surface area contributed by atoms with E-state index in [0.717, 1.165) is 0 Å². The number of nitrogens with one attached hydrogen (secondary N) is 1. The van der Waals surface area contributed by atoms with Gasteiger partial charge in [-0.15, -0.1) is 0 Å². The highest BCUT2D eigenvalue weighted by molar-refractivity contribution is 7.92. The maximum atomic E-state index is 11.6. The van der Waals surface area contributed by atoms with Crippen LogP contribution in [0.1, 0.15) is 6.92 Å². The van der Waals surface area contributed by atoms with Crippen LogP contribution < -0.4 is 10.5 Å². The molecule has 0 saturated heterocycles. The van der Waals surface area contributed by atoms with E-state index in [1.807, 2.05) is 6.92 Å². The van der Waals surface area contributed by atoms with Gasteiger partial charge in [0.2, 0.25) is 10.0 Å². The lowest BCUT2D eigenvalue weighted by atomic mass is 10.3. The minimum absolute atomic E-state index is 0.0742. The highest BCUT2D eigenvalue weighted by Gasteiger charge is 2.11. The second-order valence-corrected chi connectivity index (χ2v) is 5.05. The molecule has 0 radical (unpaired) electrons. The summed E-state index contributed by atoms with van der Waals surface area (Å²) in [6, 6.07) is 6.72. The summed E-state index contributed by atoms with van der Waals surface area (Å²) in [4.78, 5) is 0. The van der Waals surface area contributed by atoms with Gasteiger partial charge in [-0.05, 0) is 19.1 Å². The van der Waals surface area contributed by atoms with Gasteiger partial charge in [0.05, 0.1) is 23.7 Å². The van der Waals surface area contributed by atoms with Gasteiger partial charge in [-0.2, -0.15) is 0 Å². The molecule has 3 N–H and O–H groups in total. The van der Waals surface area contributed by atoms with Crippen LogP contribution in [-0.4, -0.2) is 27.4 Å². The molecule has 6 heteroatoms. The standard InChI is InChI=1S/C10H16N2O3S/c1-2-15-7-8-16(13,14)12-10-6-4-3-5-9(10)11/h3-6,12H,2,7-8,11H2,1H3. The van der Waals surface area contributed by atoms with Gasteiger partial charge in [-0.25, -0.2) is 8.42 Å². The molecule has 1 aromatic carbocycles. The van der Waals surface area contributed by atoms with Crippen molar-refractivity contribution in [1.82, 2.24) is 0 Å². The van der Waals surface area contributed by atoms with Gasteiger partial charge < -0.3 is 10.5 Å². The number of rotatable bonds is 6. The second-order valence-electron chi connectivity index (χ2n) is 3.21. The molecule has 0 fully saturated rings. The molecule has 0 heterocycles. The Morgan fingerprint density at radius 2 is 2.06 bits per heavy atom. The maximum Gasteiger partial charge on any atom is 0.235 e. The van der Waals surface area contributed by atoms with Crippen molar-refractivity contribution in [3.63, 3.8) is 0 Å². The molecule has 0 atom stereocenters. The molecule has 1 rings (SSSR count). The minimum atomic E-state index is -3.38. The van der Waals surface area contributed by atoms with E-state index in [0.29, 0.717) is 18.0 Å². The fourth-order valence-electron chi connectivity index (χ4n) is 1.12. The normalized spacial score (nSPS) is 11.3. The molecule has 5 nitrogen and oxygen atoms in total. The summed E-state index contributed by atoms with van der Waals surface area (Å²) in [5.41, 5.74) is 6.43. The van der Waals surface area contributed by atoms with E-state index in [9.17, 15) is 8.42 Å². The maximum absolute atomic E-state index is 11.6. The molecule has 0 unspecified atom stereocenters. The number of sulfonamides is 1. The van der Waals surface area contributed by atoms with Gasteiger partial charge in [0, 0.05) is 6.61 Å². The van der Waals surface area contributed by atoms with Crippen molar-refractivity contribution >= 4 is 21.4 Å². The first-order valence-electron chi connectivity index (χ1n) is 4.98. The van der Waals surface area contributed by atoms with Crippen LogP contribution in [-0.2, 0) is 14.8 Å². The molecule has 0 aliphatic carbocycles. The quantitative estimate of drug-likeness (QED) is 0.579. The first kappa shape index (κ1) is 12.8. The Bertz CT molecular complexity index is 431. The van der Waals surface area contributed by atoms with Gasteiger partial charge in [0.1, 0.15) is 0 Å². The molecule has 16 heavy (non-hydrogen) atoms. The molecule has 1 aromatic rings. The van der Waals surface area contributed by atoms with E-state index < -0.39 is 10.0 Å². The van der Waals surface area contributed by atoms with Gasteiger partial charge in [0.25, 0.3) is 0 Å². The SMILES string of the molecule is CCOCCS(=O)(=O)Nc1ccccc1N. The van der Waals surface area contributed by atoms with Gasteiger partial charge in [0.15, 0.2) is 0 Å². The number of anilines is 2. The van der Waals surface area contributed by atoms with Crippen LogP contribution in [0.3, 0.4) is 0 Å². The number of hydrogen-bond acceptors (Lipinski definition) is 4. The molecular weight excluding hydrogens is 228 g/mol. The molecule has 0 aliphatic rings. The summed E-state index contributed by atoms with van der Waals surface area (Å²) in [7, 11) is -3.38. The number of nitrogen functional groups attached to an aromatic ring is 1. The molecular formula is C10H16N2O3S. The predicted octanol–water partition coefficient (Wildman–Crippen LogP) is 1.05. The van der Waals surface area contributed by atoms with E-state index >= 15 is 0 Å². The Kier molecular flexibility index (Phi) is 4.57. The largest absolute Gasteiger partial charge is 0.397 e. The third kappa shape index (κ3) is 4.08. The van der Waals surface area contributed by atoms with Crippen LogP contribution in [0, 0.1) is 0 Å². The van der Waals surface area contributed by atoms with Crippen molar-refractivity contribution in [3.05, 3.63) is 24.3 Å². The predicted molar refractivity (Wildman–Crippen MR) is 64.8 cm³/mol. The van der Waals surface area contributed by atoms with Crippen LogP contribution in [0.25, 0.3) is 0 Å². The number of para-hydroxylation sites is 2. The Morgan fingerprint density at radius 1 is 1.38 bits per heavy atom. The van der Waals surface area contributed by atoms with Gasteiger partial charge in [-0.3, -0.25) is 4.72 Å². The molecule has 0 aliphatic heterocycles. The van der Waals surface area contributed by atoms with Crippen LogP contribution in [0.2, 0.25) is 0 Å². The summed E-state index contributed by atoms with van der Waals surface area (Å²) in [5.74, 6) is -0.0742. The van der Waals surface area contributed by atoms with E-state index in [4.69, 9.17) is 10.5 Å². The minimum Gasteiger partial charge on any atom is -0.397 e. The smallest absolute Gasteiger partial charge is 0.235 e. The number of benzene rings is 1. The van der Waals surface area contributed by atoms with Crippen LogP contribution in [0.4, 0.5) is 11.4 Å². The third-order valence-electron chi connectivity index (χ3n) is 1.93. The van der Waals surface area contributed by atoms with Crippen LogP contribution >= 0.6 is 0 Å². The molecule has 90 valence electrons. The summed E-state index contributed by atoms with van der Waals surface area (Å²) in [6.07, 6.45) is 0. The lowest BCUT2D eigenvalue weighted by Crippen LogP contribution is -2.20. The zero-order chi connectivity index (χ0) is 12.0. The summed E-state index contributed by atoms with van der Waals surface area (Å²) in [5, 5.41) is 0. The van der Waals surface area contributed by atoms with Crippen molar-refractivity contribution in [2.24, 2.45) is 0 Å². The third-order valence-corrected chi connectivity index (χ3v) is 3.16. The number of ether oxygens (including phenoxy) is 1. The Morgan fingerprint density at radius 3 is 2.69 bits per heavy atom. The van der Waals surface area contributed by atoms with Crippen LogP contribution in [0.15, 0.2) is 24.3 Å². The number of nitrogens with two attached hydrogens (primary N) is 1. The molecule has 0 spiro atoms. The Labute approximate surface area is 95.7 Å². The first-order chi connectivity index (χ1) is 7.55. The Balaban J connectivity index is 2.63. The topological polar surface area (TPSA) is 81.4 Å². The van der Waals surface area contributed by atoms with E-state index in [-0.39, 0.29) is 12.4 Å². The zero-order valence-corrected chi connectivity index (χ0v) is 9.96. The zero-order valence-electron chi connectivity index (χ0n) is 9.14. The highest BCUT2D eigenvalue weighted by Crippen LogP contribution is 2.18. The summed E-state index contributed by atoms with van der Waals surface area (Å²) in [6.45, 7) is 2.50. The van der Waals surface area contributed by atoms with E-state index in [1.54, 1.807) is 24.3 Å². The number of hydrogen-bond donors (Lipinski definition) is 2. The van der Waals surface area contributed by atoms with Crippen molar-refractivity contribution < 1.29 is 13.2 Å². The van der Waals surface area contributed by atoms with E-state index in [1.165, 1.54) is 0 Å². The van der Waals surface area contributed by atoms with Crippen LogP contribution in [0.5, 0.6) is 0 Å². The van der Waals surface area contributed by atoms with Gasteiger partial charge >= 0.3 is 0 Å². The molecule has 0 bridgehead atoms. The van der Waals surface area contributed by atoms with Crippen molar-refractivity contribution in [2.45, 2.75) is 6.92 Å². The first-order valence-corrected chi connectivity index (χ1v) is 6.63.